The van der Waals surface area contributed by atoms with Crippen LogP contribution in [0.1, 0.15) is 29.0 Å². The van der Waals surface area contributed by atoms with Crippen LogP contribution < -0.4 is 4.74 Å². The number of Topliss-reactive ketones (excluding diaryl/α,β-unsaturated/α-hetero) is 1. The summed E-state index contributed by atoms with van der Waals surface area (Å²) in [5.74, 6) is 1.64. The van der Waals surface area contributed by atoms with Gasteiger partial charge in [-0.1, -0.05) is 30.4 Å². The third-order valence-corrected chi connectivity index (χ3v) is 4.72. The molecule has 1 aromatic carbocycles. The van der Waals surface area contributed by atoms with Gasteiger partial charge in [0.1, 0.15) is 5.75 Å². The van der Waals surface area contributed by atoms with Gasteiger partial charge in [0, 0.05) is 44.0 Å². The number of benzene rings is 1. The van der Waals surface area contributed by atoms with Crippen molar-refractivity contribution in [3.63, 3.8) is 0 Å². The summed E-state index contributed by atoms with van der Waals surface area (Å²) in [7, 11) is 3.56. The van der Waals surface area contributed by atoms with E-state index in [1.165, 1.54) is 0 Å². The van der Waals surface area contributed by atoms with Crippen LogP contribution in [-0.2, 0) is 7.05 Å². The molecule has 1 aliphatic heterocycles. The quantitative estimate of drug-likeness (QED) is 0.759. The van der Waals surface area contributed by atoms with Gasteiger partial charge < -0.3 is 9.30 Å². The van der Waals surface area contributed by atoms with Crippen molar-refractivity contribution in [3.05, 3.63) is 54.1 Å². The van der Waals surface area contributed by atoms with Gasteiger partial charge in [0.15, 0.2) is 5.82 Å². The minimum Gasteiger partial charge on any atom is -0.496 e. The predicted octanol–water partition coefficient (Wildman–Crippen LogP) is 3.04. The zero-order valence-corrected chi connectivity index (χ0v) is 14.9. The number of carbonyl (C=O) groups is 1. The molecule has 0 aliphatic carbocycles. The van der Waals surface area contributed by atoms with Gasteiger partial charge in [0.2, 0.25) is 5.78 Å². The normalized spacial score (nSPS) is 18.6. The van der Waals surface area contributed by atoms with Gasteiger partial charge >= 0.3 is 0 Å². The molecule has 3 rings (SSSR count). The maximum Gasteiger partial charge on any atom is 0.202 e. The van der Waals surface area contributed by atoms with Gasteiger partial charge in [-0.15, -0.1) is 0 Å². The second-order valence-electron chi connectivity index (χ2n) is 6.47. The molecule has 132 valence electrons. The smallest absolute Gasteiger partial charge is 0.202 e. The molecule has 1 aromatic heterocycles. The first-order chi connectivity index (χ1) is 12.2. The Morgan fingerprint density at radius 1 is 1.40 bits per heavy atom. The highest BCUT2D eigenvalue weighted by atomic mass is 16.5. The molecular formula is C20H25N3O2. The number of methoxy groups -OCH3 is 1. The van der Waals surface area contributed by atoms with E-state index in [0.717, 1.165) is 43.8 Å². The average Bonchev–Trinajstić information content (AvgIpc) is 3.07. The maximum atomic E-state index is 12.7. The topological polar surface area (TPSA) is 47.4 Å². The summed E-state index contributed by atoms with van der Waals surface area (Å²) in [4.78, 5) is 19.2. The molecule has 0 amide bonds. The number of para-hydroxylation sites is 1. The maximum absolute atomic E-state index is 12.7. The van der Waals surface area contributed by atoms with E-state index in [-0.39, 0.29) is 11.7 Å². The van der Waals surface area contributed by atoms with E-state index >= 15 is 0 Å². The molecule has 25 heavy (non-hydrogen) atoms. The lowest BCUT2D eigenvalue weighted by Gasteiger charge is -2.30. The fourth-order valence-corrected chi connectivity index (χ4v) is 3.35. The molecule has 2 aromatic rings. The van der Waals surface area contributed by atoms with Gasteiger partial charge in [-0.2, -0.15) is 0 Å². The van der Waals surface area contributed by atoms with E-state index in [4.69, 9.17) is 4.74 Å². The zero-order valence-electron chi connectivity index (χ0n) is 14.9. The van der Waals surface area contributed by atoms with E-state index in [2.05, 4.69) is 22.0 Å². The van der Waals surface area contributed by atoms with Gasteiger partial charge in [-0.25, -0.2) is 4.98 Å². The molecule has 1 aliphatic rings. The summed E-state index contributed by atoms with van der Waals surface area (Å²) in [5, 5.41) is 0. The third kappa shape index (κ3) is 4.17. The van der Waals surface area contributed by atoms with Crippen LogP contribution in [0.3, 0.4) is 0 Å². The highest BCUT2D eigenvalue weighted by Gasteiger charge is 2.28. The number of hydrogen-bond acceptors (Lipinski definition) is 4. The predicted molar refractivity (Wildman–Crippen MR) is 98.7 cm³/mol. The Labute approximate surface area is 148 Å². The fourth-order valence-electron chi connectivity index (χ4n) is 3.35. The Bertz CT molecular complexity index is 751. The van der Waals surface area contributed by atoms with E-state index in [1.807, 2.05) is 42.1 Å². The number of hydrogen-bond donors (Lipinski definition) is 0. The molecule has 0 N–H and O–H groups in total. The monoisotopic (exact) mass is 339 g/mol. The summed E-state index contributed by atoms with van der Waals surface area (Å²) >= 11 is 0. The van der Waals surface area contributed by atoms with Gasteiger partial charge in [-0.05, 0) is 25.5 Å². The summed E-state index contributed by atoms with van der Waals surface area (Å²) in [5.41, 5.74) is 1.07. The van der Waals surface area contributed by atoms with Crippen molar-refractivity contribution < 1.29 is 9.53 Å². The van der Waals surface area contributed by atoms with Crippen molar-refractivity contribution in [2.24, 2.45) is 13.0 Å². The second-order valence-corrected chi connectivity index (χ2v) is 6.47. The number of nitrogens with zero attached hydrogens (tertiary/aromatic N) is 3. The summed E-state index contributed by atoms with van der Waals surface area (Å²) < 4.78 is 7.18. The summed E-state index contributed by atoms with van der Waals surface area (Å²) in [6.45, 7) is 2.66. The van der Waals surface area contributed by atoms with Crippen molar-refractivity contribution in [2.75, 3.05) is 26.7 Å². The highest BCUT2D eigenvalue weighted by Crippen LogP contribution is 2.21. The molecule has 0 spiro atoms. The molecule has 0 bridgehead atoms. The lowest BCUT2D eigenvalue weighted by molar-refractivity contribution is 0.0817. The van der Waals surface area contributed by atoms with E-state index in [9.17, 15) is 4.79 Å². The highest BCUT2D eigenvalue weighted by molar-refractivity contribution is 5.94. The molecule has 5 heteroatoms. The van der Waals surface area contributed by atoms with Crippen LogP contribution in [0.15, 0.2) is 42.7 Å². The minimum absolute atomic E-state index is 0.0366. The van der Waals surface area contributed by atoms with Crippen LogP contribution in [0.4, 0.5) is 0 Å². The van der Waals surface area contributed by atoms with Gasteiger partial charge in [0.05, 0.1) is 7.11 Å². The third-order valence-electron chi connectivity index (χ3n) is 4.72. The minimum atomic E-state index is 0.0366. The first-order valence-corrected chi connectivity index (χ1v) is 8.72. The van der Waals surface area contributed by atoms with Crippen LogP contribution in [0.5, 0.6) is 5.75 Å². The van der Waals surface area contributed by atoms with Crippen molar-refractivity contribution >= 4 is 11.9 Å². The fraction of sp³-hybridized carbons (Fsp3) is 0.400. The number of aryl methyl sites for hydroxylation is 1. The van der Waals surface area contributed by atoms with Crippen molar-refractivity contribution in [2.45, 2.75) is 12.8 Å². The van der Waals surface area contributed by atoms with Gasteiger partial charge in [0.25, 0.3) is 0 Å². The zero-order chi connectivity index (χ0) is 17.6. The number of likely N-dealkylation sites (tertiary alicyclic amines) is 1. The molecule has 1 fully saturated rings. The Morgan fingerprint density at radius 3 is 3.00 bits per heavy atom. The molecule has 2 heterocycles. The molecule has 5 nitrogen and oxygen atoms in total. The number of ether oxygens (including phenoxy) is 1. The SMILES string of the molecule is COc1ccccc1C=CCN1CCCC(C(=O)c2nccn2C)C1. The number of ketones is 1. The van der Waals surface area contributed by atoms with Crippen molar-refractivity contribution in [3.8, 4) is 5.75 Å². The number of rotatable bonds is 6. The van der Waals surface area contributed by atoms with Crippen LogP contribution in [-0.4, -0.2) is 47.0 Å². The molecule has 1 atom stereocenters. The lowest BCUT2D eigenvalue weighted by atomic mass is 9.93. The number of aromatic nitrogens is 2. The number of piperidine rings is 1. The van der Waals surface area contributed by atoms with E-state index in [1.54, 1.807) is 13.3 Å². The largest absolute Gasteiger partial charge is 0.496 e. The number of carbonyl (C=O) groups excluding carboxylic acids is 1. The summed E-state index contributed by atoms with van der Waals surface area (Å²) in [6, 6.07) is 7.97. The van der Waals surface area contributed by atoms with Gasteiger partial charge in [-0.3, -0.25) is 9.69 Å². The molecule has 0 radical (unpaired) electrons. The first kappa shape index (κ1) is 17.4. The number of imidazole rings is 1. The molecular weight excluding hydrogens is 314 g/mol. The standard InChI is InChI=1S/C20H25N3O2/c1-22-14-11-21-20(22)19(24)17-9-6-13-23(15-17)12-5-8-16-7-3-4-10-18(16)25-2/h3-5,7-8,10-11,14,17H,6,9,12-13,15H2,1-2H3. The Morgan fingerprint density at radius 2 is 2.24 bits per heavy atom. The Balaban J connectivity index is 1.59. The van der Waals surface area contributed by atoms with Crippen LogP contribution >= 0.6 is 0 Å². The van der Waals surface area contributed by atoms with Crippen molar-refractivity contribution in [1.29, 1.82) is 0 Å². The second kappa shape index (κ2) is 8.12. The molecule has 0 saturated carbocycles. The molecule has 1 unspecified atom stereocenters. The van der Waals surface area contributed by atoms with E-state index in [0.29, 0.717) is 5.82 Å². The molecule has 1 saturated heterocycles. The Kier molecular flexibility index (Phi) is 5.66. The van der Waals surface area contributed by atoms with Crippen LogP contribution in [0.2, 0.25) is 0 Å². The lowest BCUT2D eigenvalue weighted by Crippen LogP contribution is -2.39. The van der Waals surface area contributed by atoms with E-state index < -0.39 is 0 Å². The van der Waals surface area contributed by atoms with Crippen LogP contribution in [0.25, 0.3) is 6.08 Å². The Hall–Kier alpha value is -2.40. The van der Waals surface area contributed by atoms with Crippen molar-refractivity contribution in [1.82, 2.24) is 14.5 Å². The van der Waals surface area contributed by atoms with Crippen LogP contribution in [0, 0.1) is 5.92 Å². The summed E-state index contributed by atoms with van der Waals surface area (Å²) in [6.07, 6.45) is 9.73. The average molecular weight is 339 g/mol. The first-order valence-electron chi connectivity index (χ1n) is 8.72.